The Morgan fingerprint density at radius 1 is 1.07 bits per heavy atom. The average molecular weight is 415 g/mol. The van der Waals surface area contributed by atoms with Gasteiger partial charge in [0.15, 0.2) is 9.84 Å². The van der Waals surface area contributed by atoms with Gasteiger partial charge < -0.3 is 5.32 Å². The summed E-state index contributed by atoms with van der Waals surface area (Å²) in [5, 5.41) is 2.21. The van der Waals surface area contributed by atoms with Crippen LogP contribution in [-0.2, 0) is 9.84 Å². The van der Waals surface area contributed by atoms with Crippen LogP contribution in [-0.4, -0.2) is 25.9 Å². The van der Waals surface area contributed by atoms with Gasteiger partial charge in [0.25, 0.3) is 5.91 Å². The van der Waals surface area contributed by atoms with Gasteiger partial charge in [-0.15, -0.1) is 0 Å². The van der Waals surface area contributed by atoms with Gasteiger partial charge >= 0.3 is 0 Å². The molecule has 0 aliphatic carbocycles. The van der Waals surface area contributed by atoms with Crippen molar-refractivity contribution in [2.75, 3.05) is 6.54 Å². The number of nitrogens with zero attached hydrogens (tertiary/aromatic N) is 1. The number of pyridine rings is 1. The summed E-state index contributed by atoms with van der Waals surface area (Å²) in [5.74, 6) is -0.333. The minimum absolute atomic E-state index is 0.0800. The number of carbonyl (C=O) groups is 1. The summed E-state index contributed by atoms with van der Waals surface area (Å²) in [4.78, 5) is 16.6. The number of sulfone groups is 1. The Hall–Kier alpha value is -2.70. The zero-order valence-corrected chi connectivity index (χ0v) is 16.7. The molecule has 0 spiro atoms. The van der Waals surface area contributed by atoms with Gasteiger partial charge in [0.1, 0.15) is 5.25 Å². The van der Waals surface area contributed by atoms with Crippen LogP contribution in [0.2, 0.25) is 5.02 Å². The van der Waals surface area contributed by atoms with Crippen molar-refractivity contribution in [3.05, 3.63) is 94.8 Å². The number of halogens is 1. The smallest absolute Gasteiger partial charge is 0.251 e. The van der Waals surface area contributed by atoms with E-state index in [0.29, 0.717) is 16.1 Å². The van der Waals surface area contributed by atoms with E-state index in [0.717, 1.165) is 5.56 Å². The van der Waals surface area contributed by atoms with Crippen LogP contribution in [0.3, 0.4) is 0 Å². The lowest BCUT2D eigenvalue weighted by molar-refractivity contribution is 0.0953. The maximum atomic E-state index is 13.2. The zero-order chi connectivity index (χ0) is 20.1. The molecule has 3 aromatic rings. The fourth-order valence-electron chi connectivity index (χ4n) is 2.75. The van der Waals surface area contributed by atoms with Crippen molar-refractivity contribution in [1.82, 2.24) is 10.3 Å². The van der Waals surface area contributed by atoms with Gasteiger partial charge in [-0.25, -0.2) is 8.42 Å². The van der Waals surface area contributed by atoms with E-state index in [9.17, 15) is 13.2 Å². The number of carbonyl (C=O) groups excluding carboxylic acids is 1. The predicted octanol–water partition coefficient (Wildman–Crippen LogP) is 3.99. The molecule has 7 heteroatoms. The van der Waals surface area contributed by atoms with E-state index < -0.39 is 15.1 Å². The van der Waals surface area contributed by atoms with E-state index in [2.05, 4.69) is 10.3 Å². The van der Waals surface area contributed by atoms with E-state index in [1.54, 1.807) is 30.5 Å². The van der Waals surface area contributed by atoms with Crippen molar-refractivity contribution in [3.63, 3.8) is 0 Å². The van der Waals surface area contributed by atoms with Gasteiger partial charge in [-0.2, -0.15) is 0 Å². The molecule has 2 aromatic carbocycles. The second-order valence-electron chi connectivity index (χ2n) is 6.35. The average Bonchev–Trinajstić information content (AvgIpc) is 2.69. The van der Waals surface area contributed by atoms with Crippen molar-refractivity contribution in [2.24, 2.45) is 0 Å². The van der Waals surface area contributed by atoms with Crippen molar-refractivity contribution >= 4 is 27.3 Å². The highest BCUT2D eigenvalue weighted by molar-refractivity contribution is 7.91. The summed E-state index contributed by atoms with van der Waals surface area (Å²) in [7, 11) is -3.77. The number of benzene rings is 2. The SMILES string of the molecule is Cc1ccc(C(=O)NC[C@H](c2cccnc2)S(=O)(=O)c2ccc(Cl)cc2)cc1. The molecule has 0 saturated heterocycles. The molecule has 0 unspecified atom stereocenters. The van der Waals surface area contributed by atoms with Crippen molar-refractivity contribution in [2.45, 2.75) is 17.1 Å². The fourth-order valence-corrected chi connectivity index (χ4v) is 4.52. The molecule has 0 saturated carbocycles. The molecule has 0 aliphatic heterocycles. The third-order valence-electron chi connectivity index (χ3n) is 4.33. The van der Waals surface area contributed by atoms with E-state index in [4.69, 9.17) is 11.6 Å². The monoisotopic (exact) mass is 414 g/mol. The quantitative estimate of drug-likeness (QED) is 0.661. The first-order valence-corrected chi connectivity index (χ1v) is 10.5. The predicted molar refractivity (Wildman–Crippen MR) is 109 cm³/mol. The Labute approximate surface area is 169 Å². The Morgan fingerprint density at radius 2 is 1.75 bits per heavy atom. The Bertz CT molecular complexity index is 1050. The number of aromatic nitrogens is 1. The topological polar surface area (TPSA) is 76.1 Å². The first kappa shape index (κ1) is 20.0. The van der Waals surface area contributed by atoms with Crippen LogP contribution in [0, 0.1) is 6.92 Å². The Kier molecular flexibility index (Phi) is 6.11. The van der Waals surface area contributed by atoms with Gasteiger partial charge in [-0.05, 0) is 55.0 Å². The normalized spacial score (nSPS) is 12.4. The molecule has 0 bridgehead atoms. The molecule has 0 fully saturated rings. The van der Waals surface area contributed by atoms with Crippen LogP contribution in [0.5, 0.6) is 0 Å². The highest BCUT2D eigenvalue weighted by Crippen LogP contribution is 2.29. The summed E-state index contributed by atoms with van der Waals surface area (Å²) in [6, 6.07) is 16.4. The van der Waals surface area contributed by atoms with E-state index in [1.165, 1.54) is 30.5 Å². The molecule has 3 rings (SSSR count). The van der Waals surface area contributed by atoms with Crippen molar-refractivity contribution < 1.29 is 13.2 Å². The van der Waals surface area contributed by atoms with Crippen LogP contribution in [0.1, 0.15) is 26.7 Å². The molecular formula is C21H19ClN2O3S. The number of aryl methyl sites for hydroxylation is 1. The summed E-state index contributed by atoms with van der Waals surface area (Å²) in [6.45, 7) is 1.85. The zero-order valence-electron chi connectivity index (χ0n) is 15.2. The minimum Gasteiger partial charge on any atom is -0.350 e. The van der Waals surface area contributed by atoms with Gasteiger partial charge in [0.05, 0.1) is 4.90 Å². The maximum absolute atomic E-state index is 13.2. The van der Waals surface area contributed by atoms with Crippen molar-refractivity contribution in [1.29, 1.82) is 0 Å². The van der Waals surface area contributed by atoms with Crippen LogP contribution >= 0.6 is 11.6 Å². The summed E-state index contributed by atoms with van der Waals surface area (Å²) >= 11 is 5.88. The lowest BCUT2D eigenvalue weighted by atomic mass is 10.1. The molecule has 144 valence electrons. The summed E-state index contributed by atoms with van der Waals surface area (Å²) in [6.07, 6.45) is 3.07. The molecule has 0 radical (unpaired) electrons. The van der Waals surface area contributed by atoms with Gasteiger partial charge in [-0.3, -0.25) is 9.78 Å². The largest absolute Gasteiger partial charge is 0.350 e. The first-order chi connectivity index (χ1) is 13.4. The number of amides is 1. The highest BCUT2D eigenvalue weighted by atomic mass is 35.5. The Morgan fingerprint density at radius 3 is 2.36 bits per heavy atom. The first-order valence-electron chi connectivity index (χ1n) is 8.62. The van der Waals surface area contributed by atoms with Crippen molar-refractivity contribution in [3.8, 4) is 0 Å². The fraction of sp³-hybridized carbons (Fsp3) is 0.143. The molecule has 1 amide bonds. The minimum atomic E-state index is -3.77. The van der Waals surface area contributed by atoms with E-state index in [-0.39, 0.29) is 17.3 Å². The van der Waals surface area contributed by atoms with Gasteiger partial charge in [-0.1, -0.05) is 35.4 Å². The molecule has 1 atom stereocenters. The lowest BCUT2D eigenvalue weighted by Crippen LogP contribution is -2.32. The molecule has 1 aromatic heterocycles. The second-order valence-corrected chi connectivity index (χ2v) is 8.92. The number of hydrogen-bond acceptors (Lipinski definition) is 4. The van der Waals surface area contributed by atoms with E-state index in [1.807, 2.05) is 19.1 Å². The standard InChI is InChI=1S/C21H19ClN2O3S/c1-15-4-6-16(7-5-15)21(25)24-14-20(17-3-2-12-23-13-17)28(26,27)19-10-8-18(22)9-11-19/h2-13,20H,14H2,1H3,(H,24,25)/t20-/m1/s1. The molecule has 28 heavy (non-hydrogen) atoms. The van der Waals surface area contributed by atoms with E-state index >= 15 is 0 Å². The third-order valence-corrected chi connectivity index (χ3v) is 6.70. The molecule has 1 heterocycles. The maximum Gasteiger partial charge on any atom is 0.251 e. The van der Waals surface area contributed by atoms with Crippen LogP contribution in [0.15, 0.2) is 78.0 Å². The molecule has 0 aliphatic rings. The highest BCUT2D eigenvalue weighted by Gasteiger charge is 2.30. The lowest BCUT2D eigenvalue weighted by Gasteiger charge is -2.19. The molecule has 1 N–H and O–H groups in total. The number of hydrogen-bond donors (Lipinski definition) is 1. The van der Waals surface area contributed by atoms with Gasteiger partial charge in [0, 0.05) is 29.5 Å². The van der Waals surface area contributed by atoms with Crippen LogP contribution in [0.25, 0.3) is 0 Å². The molecular weight excluding hydrogens is 396 g/mol. The third kappa shape index (κ3) is 4.58. The Balaban J connectivity index is 1.88. The summed E-state index contributed by atoms with van der Waals surface area (Å²) in [5.41, 5.74) is 2.01. The second kappa shape index (κ2) is 8.54. The van der Waals surface area contributed by atoms with Crippen LogP contribution in [0.4, 0.5) is 0 Å². The number of nitrogens with one attached hydrogen (secondary N) is 1. The van der Waals surface area contributed by atoms with Crippen LogP contribution < -0.4 is 5.32 Å². The van der Waals surface area contributed by atoms with Gasteiger partial charge in [0.2, 0.25) is 0 Å². The molecule has 5 nitrogen and oxygen atoms in total. The number of rotatable bonds is 6. The summed E-state index contributed by atoms with van der Waals surface area (Å²) < 4.78 is 26.4.